The van der Waals surface area contributed by atoms with Gasteiger partial charge in [-0.3, -0.25) is 0 Å². The third kappa shape index (κ3) is 3.86. The van der Waals surface area contributed by atoms with Gasteiger partial charge in [0.1, 0.15) is 0 Å². The Morgan fingerprint density at radius 2 is 1.67 bits per heavy atom. The molecule has 94 valence electrons. The van der Waals surface area contributed by atoms with Gasteiger partial charge in [0.05, 0.1) is 6.10 Å². The minimum Gasteiger partial charge on any atom is -0.392 e. The van der Waals surface area contributed by atoms with Crippen LogP contribution in [-0.4, -0.2) is 11.2 Å². The normalized spacial score (nSPS) is 12.4. The largest absolute Gasteiger partial charge is 0.392 e. The molecule has 0 amide bonds. The van der Waals surface area contributed by atoms with Crippen molar-refractivity contribution in [1.29, 1.82) is 0 Å². The van der Waals surface area contributed by atoms with Crippen molar-refractivity contribution in [2.24, 2.45) is 0 Å². The van der Waals surface area contributed by atoms with Crippen LogP contribution in [0.5, 0.6) is 0 Å². The molecule has 0 aliphatic carbocycles. The summed E-state index contributed by atoms with van der Waals surface area (Å²) in [4.78, 5) is 0. The Hall–Kier alpha value is -1.31. The van der Waals surface area contributed by atoms with Crippen molar-refractivity contribution < 1.29 is 5.11 Å². The van der Waals surface area contributed by atoms with Crippen LogP contribution in [0.4, 0.5) is 0 Å². The minimum absolute atomic E-state index is 0.369. The van der Waals surface area contributed by atoms with Crippen LogP contribution in [0.25, 0.3) is 0 Å². The molecular weight excluding hydrogens is 244 g/mol. The molecule has 18 heavy (non-hydrogen) atoms. The number of aryl methyl sites for hydroxylation is 1. The summed E-state index contributed by atoms with van der Waals surface area (Å²) in [6, 6.07) is 15.9. The summed E-state index contributed by atoms with van der Waals surface area (Å²) in [5.41, 5.74) is 3.47. The number of benzene rings is 2. The van der Waals surface area contributed by atoms with Crippen molar-refractivity contribution in [3.8, 4) is 0 Å². The number of hydrogen-bond acceptors (Lipinski definition) is 1. The van der Waals surface area contributed by atoms with Crippen molar-refractivity contribution in [2.45, 2.75) is 25.9 Å². The maximum Gasteiger partial charge on any atom is 0.0620 e. The van der Waals surface area contributed by atoms with Crippen LogP contribution < -0.4 is 0 Å². The Morgan fingerprint density at radius 3 is 2.33 bits per heavy atom. The summed E-state index contributed by atoms with van der Waals surface area (Å²) in [7, 11) is 0. The predicted octanol–water partition coefficient (Wildman–Crippen LogP) is 3.79. The summed E-state index contributed by atoms with van der Waals surface area (Å²) in [5.74, 6) is 0. The first-order chi connectivity index (χ1) is 8.63. The van der Waals surface area contributed by atoms with E-state index in [0.717, 1.165) is 16.1 Å². The highest BCUT2D eigenvalue weighted by Crippen LogP contribution is 2.14. The van der Waals surface area contributed by atoms with Gasteiger partial charge in [0.2, 0.25) is 0 Å². The highest BCUT2D eigenvalue weighted by Gasteiger charge is 2.07. The van der Waals surface area contributed by atoms with Crippen molar-refractivity contribution >= 4 is 11.6 Å². The maximum absolute atomic E-state index is 10.1. The number of aliphatic hydroxyl groups excluding tert-OH is 1. The van der Waals surface area contributed by atoms with Crippen LogP contribution in [0.1, 0.15) is 16.7 Å². The fourth-order valence-corrected chi connectivity index (χ4v) is 2.22. The molecule has 0 aromatic heterocycles. The van der Waals surface area contributed by atoms with Crippen LogP contribution in [-0.2, 0) is 12.8 Å². The lowest BCUT2D eigenvalue weighted by molar-refractivity contribution is 0.175. The van der Waals surface area contributed by atoms with Crippen LogP contribution in [0.2, 0.25) is 5.02 Å². The SMILES string of the molecule is Cc1ccc(CC(O)Cc2cccc(Cl)c2)cc1. The molecule has 0 saturated heterocycles. The lowest BCUT2D eigenvalue weighted by Gasteiger charge is -2.11. The van der Waals surface area contributed by atoms with Gasteiger partial charge < -0.3 is 5.11 Å². The van der Waals surface area contributed by atoms with E-state index in [1.807, 2.05) is 24.3 Å². The molecule has 1 nitrogen and oxygen atoms in total. The van der Waals surface area contributed by atoms with Crippen molar-refractivity contribution in [1.82, 2.24) is 0 Å². The summed E-state index contributed by atoms with van der Waals surface area (Å²) < 4.78 is 0. The molecule has 0 fully saturated rings. The minimum atomic E-state index is -0.369. The Balaban J connectivity index is 1.96. The quantitative estimate of drug-likeness (QED) is 0.887. The van der Waals surface area contributed by atoms with Gasteiger partial charge >= 0.3 is 0 Å². The third-order valence-electron chi connectivity index (χ3n) is 2.95. The molecule has 0 radical (unpaired) electrons. The second-order valence-corrected chi connectivity index (χ2v) is 5.11. The fourth-order valence-electron chi connectivity index (χ4n) is 2.00. The average Bonchev–Trinajstić information content (AvgIpc) is 2.32. The topological polar surface area (TPSA) is 20.2 Å². The third-order valence-corrected chi connectivity index (χ3v) is 3.19. The first-order valence-corrected chi connectivity index (χ1v) is 6.49. The first-order valence-electron chi connectivity index (χ1n) is 6.11. The van der Waals surface area contributed by atoms with Crippen molar-refractivity contribution in [2.75, 3.05) is 0 Å². The van der Waals surface area contributed by atoms with E-state index in [0.29, 0.717) is 12.8 Å². The molecule has 1 unspecified atom stereocenters. The monoisotopic (exact) mass is 260 g/mol. The van der Waals surface area contributed by atoms with Gasteiger partial charge in [-0.1, -0.05) is 53.6 Å². The Kier molecular flexibility index (Phi) is 4.40. The van der Waals surface area contributed by atoms with E-state index in [9.17, 15) is 5.11 Å². The molecule has 0 aliphatic heterocycles. The molecule has 0 bridgehead atoms. The van der Waals surface area contributed by atoms with Crippen molar-refractivity contribution in [3.05, 3.63) is 70.2 Å². The van der Waals surface area contributed by atoms with Gasteiger partial charge in [0.25, 0.3) is 0 Å². The average molecular weight is 261 g/mol. The zero-order chi connectivity index (χ0) is 13.0. The van der Waals surface area contributed by atoms with Gasteiger partial charge in [-0.2, -0.15) is 0 Å². The van der Waals surface area contributed by atoms with Gasteiger partial charge in [0.15, 0.2) is 0 Å². The molecule has 0 spiro atoms. The van der Waals surface area contributed by atoms with Gasteiger partial charge in [-0.15, -0.1) is 0 Å². The maximum atomic E-state index is 10.1. The molecule has 2 rings (SSSR count). The Morgan fingerprint density at radius 1 is 1.00 bits per heavy atom. The number of rotatable bonds is 4. The standard InChI is InChI=1S/C16H17ClO/c1-12-5-7-13(8-6-12)10-16(18)11-14-3-2-4-15(17)9-14/h2-9,16,18H,10-11H2,1H3. The Labute approximate surface area is 113 Å². The predicted molar refractivity (Wildman–Crippen MR) is 76.0 cm³/mol. The molecule has 1 atom stereocenters. The fraction of sp³-hybridized carbons (Fsp3) is 0.250. The van der Waals surface area contributed by atoms with Crippen LogP contribution >= 0.6 is 11.6 Å². The lowest BCUT2D eigenvalue weighted by Crippen LogP contribution is -2.13. The van der Waals surface area contributed by atoms with Crippen molar-refractivity contribution in [3.63, 3.8) is 0 Å². The van der Waals surface area contributed by atoms with E-state index in [-0.39, 0.29) is 6.10 Å². The van der Waals surface area contributed by atoms with Gasteiger partial charge in [0, 0.05) is 5.02 Å². The lowest BCUT2D eigenvalue weighted by atomic mass is 10.0. The summed E-state index contributed by atoms with van der Waals surface area (Å²) in [6.07, 6.45) is 0.937. The molecule has 2 aromatic carbocycles. The molecule has 0 aliphatic rings. The van der Waals surface area contributed by atoms with Crippen LogP contribution in [0.15, 0.2) is 48.5 Å². The zero-order valence-corrected chi connectivity index (χ0v) is 11.2. The van der Waals surface area contributed by atoms with E-state index in [1.54, 1.807) is 0 Å². The highest BCUT2D eigenvalue weighted by atomic mass is 35.5. The van der Waals surface area contributed by atoms with E-state index >= 15 is 0 Å². The number of hydrogen-bond donors (Lipinski definition) is 1. The molecule has 0 heterocycles. The molecule has 2 aromatic rings. The molecule has 0 saturated carbocycles. The second-order valence-electron chi connectivity index (χ2n) is 4.68. The van der Waals surface area contributed by atoms with E-state index < -0.39 is 0 Å². The number of aliphatic hydroxyl groups is 1. The zero-order valence-electron chi connectivity index (χ0n) is 10.4. The van der Waals surface area contributed by atoms with Gasteiger partial charge in [-0.25, -0.2) is 0 Å². The van der Waals surface area contributed by atoms with E-state index in [4.69, 9.17) is 11.6 Å². The summed E-state index contributed by atoms with van der Waals surface area (Å²) in [6.45, 7) is 2.06. The second kappa shape index (κ2) is 6.03. The van der Waals surface area contributed by atoms with E-state index in [1.165, 1.54) is 5.56 Å². The number of halogens is 1. The van der Waals surface area contributed by atoms with Crippen LogP contribution in [0.3, 0.4) is 0 Å². The first kappa shape index (κ1) is 13.1. The van der Waals surface area contributed by atoms with Gasteiger partial charge in [-0.05, 0) is 43.0 Å². The summed E-state index contributed by atoms with van der Waals surface area (Å²) in [5, 5.41) is 10.8. The molecular formula is C16H17ClO. The molecule has 1 N–H and O–H groups in total. The Bertz CT molecular complexity index is 505. The smallest absolute Gasteiger partial charge is 0.0620 e. The van der Waals surface area contributed by atoms with Crippen LogP contribution in [0, 0.1) is 6.92 Å². The highest BCUT2D eigenvalue weighted by molar-refractivity contribution is 6.30. The molecule has 2 heteroatoms. The summed E-state index contributed by atoms with van der Waals surface area (Å²) >= 11 is 5.92. The van der Waals surface area contributed by atoms with E-state index in [2.05, 4.69) is 31.2 Å².